The van der Waals surface area contributed by atoms with Gasteiger partial charge in [0, 0.05) is 30.2 Å². The Hall–Kier alpha value is -1.33. The zero-order valence-corrected chi connectivity index (χ0v) is 11.3. The minimum Gasteiger partial charge on any atom is -0.378 e. The maximum Gasteiger partial charge on any atom is 0.317 e. The van der Waals surface area contributed by atoms with Crippen molar-refractivity contribution < 1.29 is 13.9 Å². The van der Waals surface area contributed by atoms with Crippen LogP contribution in [0.25, 0.3) is 0 Å². The predicted octanol–water partition coefficient (Wildman–Crippen LogP) is 2.06. The normalized spacial score (nSPS) is 15.4. The fourth-order valence-corrected chi connectivity index (χ4v) is 2.20. The number of ether oxygens (including phenoxy) is 1. The molecule has 0 aromatic heterocycles. The molecule has 1 N–H and O–H groups in total. The van der Waals surface area contributed by atoms with Crippen molar-refractivity contribution >= 4 is 17.6 Å². The number of nitrogens with zero attached hydrogens (tertiary/aromatic N) is 1. The third-order valence-corrected chi connectivity index (χ3v) is 3.37. The highest BCUT2D eigenvalue weighted by Gasteiger charge is 2.16. The van der Waals surface area contributed by atoms with Gasteiger partial charge in [0.2, 0.25) is 0 Å². The fraction of sp³-hybridized carbons (Fsp3) is 0.462. The molecule has 0 aliphatic carbocycles. The average molecular weight is 287 g/mol. The lowest BCUT2D eigenvalue weighted by atomic mass is 10.1. The maximum absolute atomic E-state index is 13.5. The standard InChI is InChI=1S/C13H16ClFN2O2/c14-11-2-1-3-12(15)10(11)4-5-16-13(18)17-6-8-19-9-7-17/h1-3H,4-9H2,(H,16,18). The Labute approximate surface area is 116 Å². The number of carbonyl (C=O) groups excluding carboxylic acids is 1. The van der Waals surface area contributed by atoms with E-state index in [9.17, 15) is 9.18 Å². The molecule has 1 aromatic rings. The SMILES string of the molecule is O=C(NCCc1c(F)cccc1Cl)N1CCOCC1. The molecule has 1 aliphatic heterocycles. The second kappa shape index (κ2) is 6.73. The van der Waals surface area contributed by atoms with E-state index in [2.05, 4.69) is 5.32 Å². The molecule has 0 unspecified atom stereocenters. The molecule has 1 heterocycles. The van der Waals surface area contributed by atoms with Gasteiger partial charge in [0.15, 0.2) is 0 Å². The van der Waals surface area contributed by atoms with Crippen LogP contribution in [-0.2, 0) is 11.2 Å². The first-order valence-corrected chi connectivity index (χ1v) is 6.59. The first kappa shape index (κ1) is 14.1. The summed E-state index contributed by atoms with van der Waals surface area (Å²) >= 11 is 5.91. The number of carbonyl (C=O) groups is 1. The summed E-state index contributed by atoms with van der Waals surface area (Å²) in [6, 6.07) is 4.43. The number of hydrogen-bond donors (Lipinski definition) is 1. The molecule has 0 spiro atoms. The number of urea groups is 1. The van der Waals surface area contributed by atoms with Crippen LogP contribution >= 0.6 is 11.6 Å². The molecule has 0 radical (unpaired) electrons. The number of hydrogen-bond acceptors (Lipinski definition) is 2. The lowest BCUT2D eigenvalue weighted by Crippen LogP contribution is -2.46. The number of benzene rings is 1. The van der Waals surface area contributed by atoms with Crippen LogP contribution in [0.5, 0.6) is 0 Å². The van der Waals surface area contributed by atoms with Crippen LogP contribution < -0.4 is 5.32 Å². The number of amides is 2. The number of rotatable bonds is 3. The largest absolute Gasteiger partial charge is 0.378 e. The van der Waals surface area contributed by atoms with E-state index in [0.29, 0.717) is 49.9 Å². The summed E-state index contributed by atoms with van der Waals surface area (Å²) in [5, 5.41) is 3.15. The summed E-state index contributed by atoms with van der Waals surface area (Å²) in [5.74, 6) is -0.340. The molecule has 1 saturated heterocycles. The van der Waals surface area contributed by atoms with Crippen molar-refractivity contribution in [1.82, 2.24) is 10.2 Å². The van der Waals surface area contributed by atoms with Crippen molar-refractivity contribution in [2.75, 3.05) is 32.8 Å². The molecule has 1 aromatic carbocycles. The molecule has 0 atom stereocenters. The fourth-order valence-electron chi connectivity index (χ4n) is 1.94. The van der Waals surface area contributed by atoms with Gasteiger partial charge in [-0.2, -0.15) is 0 Å². The molecule has 2 amide bonds. The molecule has 2 rings (SSSR count). The smallest absolute Gasteiger partial charge is 0.317 e. The van der Waals surface area contributed by atoms with E-state index < -0.39 is 0 Å². The quantitative estimate of drug-likeness (QED) is 0.924. The Morgan fingerprint density at radius 3 is 2.84 bits per heavy atom. The second-order valence-corrected chi connectivity index (χ2v) is 4.69. The van der Waals surface area contributed by atoms with E-state index in [1.165, 1.54) is 6.07 Å². The van der Waals surface area contributed by atoms with Gasteiger partial charge in [-0.15, -0.1) is 0 Å². The summed E-state index contributed by atoms with van der Waals surface area (Å²) in [6.45, 7) is 2.66. The second-order valence-electron chi connectivity index (χ2n) is 4.28. The number of morpholine rings is 1. The van der Waals surface area contributed by atoms with Crippen LogP contribution in [0.15, 0.2) is 18.2 Å². The zero-order valence-electron chi connectivity index (χ0n) is 10.5. The minimum absolute atomic E-state index is 0.143. The van der Waals surface area contributed by atoms with Crippen molar-refractivity contribution in [2.45, 2.75) is 6.42 Å². The van der Waals surface area contributed by atoms with Crippen LogP contribution in [0.3, 0.4) is 0 Å². The van der Waals surface area contributed by atoms with Crippen LogP contribution in [0.2, 0.25) is 5.02 Å². The molecule has 19 heavy (non-hydrogen) atoms. The van der Waals surface area contributed by atoms with Crippen molar-refractivity contribution in [3.63, 3.8) is 0 Å². The Morgan fingerprint density at radius 1 is 1.42 bits per heavy atom. The van der Waals surface area contributed by atoms with Crippen LogP contribution in [0, 0.1) is 5.82 Å². The summed E-state index contributed by atoms with van der Waals surface area (Å²) in [4.78, 5) is 13.5. The minimum atomic E-state index is -0.340. The van der Waals surface area contributed by atoms with Gasteiger partial charge in [-0.25, -0.2) is 9.18 Å². The molecular formula is C13H16ClFN2O2. The van der Waals surface area contributed by atoms with Gasteiger partial charge in [-0.05, 0) is 18.6 Å². The average Bonchev–Trinajstić information content (AvgIpc) is 2.43. The Morgan fingerprint density at radius 2 is 2.16 bits per heavy atom. The van der Waals surface area contributed by atoms with Gasteiger partial charge in [0.1, 0.15) is 5.82 Å². The molecule has 1 fully saturated rings. The van der Waals surface area contributed by atoms with E-state index in [4.69, 9.17) is 16.3 Å². The molecule has 6 heteroatoms. The van der Waals surface area contributed by atoms with Gasteiger partial charge < -0.3 is 15.0 Å². The molecule has 0 saturated carbocycles. The van der Waals surface area contributed by atoms with E-state index in [1.54, 1.807) is 17.0 Å². The number of nitrogens with one attached hydrogen (secondary N) is 1. The van der Waals surface area contributed by atoms with Crippen molar-refractivity contribution in [2.24, 2.45) is 0 Å². The molecule has 4 nitrogen and oxygen atoms in total. The van der Waals surface area contributed by atoms with E-state index >= 15 is 0 Å². The number of halogens is 2. The zero-order chi connectivity index (χ0) is 13.7. The highest BCUT2D eigenvalue weighted by atomic mass is 35.5. The van der Waals surface area contributed by atoms with Crippen molar-refractivity contribution in [3.05, 3.63) is 34.6 Å². The van der Waals surface area contributed by atoms with Gasteiger partial charge in [0.25, 0.3) is 0 Å². The maximum atomic E-state index is 13.5. The summed E-state index contributed by atoms with van der Waals surface area (Å²) in [6.07, 6.45) is 0.377. The van der Waals surface area contributed by atoms with Crippen molar-refractivity contribution in [3.8, 4) is 0 Å². The highest BCUT2D eigenvalue weighted by Crippen LogP contribution is 2.18. The Balaban J connectivity index is 1.81. The van der Waals surface area contributed by atoms with Gasteiger partial charge in [-0.3, -0.25) is 0 Å². The van der Waals surface area contributed by atoms with Crippen LogP contribution in [-0.4, -0.2) is 43.8 Å². The summed E-state index contributed by atoms with van der Waals surface area (Å²) in [7, 11) is 0. The first-order valence-electron chi connectivity index (χ1n) is 6.22. The van der Waals surface area contributed by atoms with Crippen LogP contribution in [0.1, 0.15) is 5.56 Å². The molecule has 1 aliphatic rings. The van der Waals surface area contributed by atoms with Crippen LogP contribution in [0.4, 0.5) is 9.18 Å². The third kappa shape index (κ3) is 3.81. The van der Waals surface area contributed by atoms with Gasteiger partial charge >= 0.3 is 6.03 Å². The topological polar surface area (TPSA) is 41.6 Å². The third-order valence-electron chi connectivity index (χ3n) is 3.01. The van der Waals surface area contributed by atoms with E-state index in [1.807, 2.05) is 0 Å². The lowest BCUT2D eigenvalue weighted by Gasteiger charge is -2.26. The monoisotopic (exact) mass is 286 g/mol. The Bertz CT molecular complexity index is 430. The first-order chi connectivity index (χ1) is 9.18. The molecule has 0 bridgehead atoms. The van der Waals surface area contributed by atoms with Gasteiger partial charge in [-0.1, -0.05) is 17.7 Å². The van der Waals surface area contributed by atoms with Gasteiger partial charge in [0.05, 0.1) is 13.2 Å². The molecule has 104 valence electrons. The molecular weight excluding hydrogens is 271 g/mol. The van der Waals surface area contributed by atoms with Crippen molar-refractivity contribution in [1.29, 1.82) is 0 Å². The van der Waals surface area contributed by atoms with E-state index in [0.717, 1.165) is 0 Å². The summed E-state index contributed by atoms with van der Waals surface area (Å²) < 4.78 is 18.7. The summed E-state index contributed by atoms with van der Waals surface area (Å²) in [5.41, 5.74) is 0.437. The predicted molar refractivity (Wildman–Crippen MR) is 70.9 cm³/mol. The van der Waals surface area contributed by atoms with E-state index in [-0.39, 0.29) is 11.8 Å². The highest BCUT2D eigenvalue weighted by molar-refractivity contribution is 6.31. The Kier molecular flexibility index (Phi) is 4.99. The lowest BCUT2D eigenvalue weighted by molar-refractivity contribution is 0.0533.